The van der Waals surface area contributed by atoms with Gasteiger partial charge in [-0.15, -0.1) is 0 Å². The largest absolute Gasteiger partial charge is 0.472 e. The van der Waals surface area contributed by atoms with E-state index >= 15 is 0 Å². The third-order valence-electron chi connectivity index (χ3n) is 13.5. The summed E-state index contributed by atoms with van der Waals surface area (Å²) in [6.07, 6.45) is 74.7. The van der Waals surface area contributed by atoms with Crippen LogP contribution in [0.3, 0.4) is 0 Å². The number of carbonyl (C=O) groups excluding carboxylic acids is 4. The molecule has 17 nitrogen and oxygen atoms in total. The molecule has 532 valence electrons. The van der Waals surface area contributed by atoms with Gasteiger partial charge in [0.25, 0.3) is 0 Å². The number of phosphoric acid groups is 2. The van der Waals surface area contributed by atoms with E-state index in [1.165, 1.54) is 12.8 Å². The van der Waals surface area contributed by atoms with Crippen molar-refractivity contribution in [2.45, 2.75) is 251 Å². The van der Waals surface area contributed by atoms with Crippen LogP contribution in [0.25, 0.3) is 0 Å². The number of allylic oxidation sites excluding steroid dienone is 24. The molecular formula is C75H120O17P2. The average molecular weight is 1360 g/mol. The van der Waals surface area contributed by atoms with Gasteiger partial charge in [0.15, 0.2) is 12.2 Å². The zero-order chi connectivity index (χ0) is 69.0. The standard InChI is InChI=1S/C75H120O17P2/c1-5-9-13-17-21-25-29-32-34-37-41-44-48-52-56-60-73(78)86-66-71(92-75(80)62-58-54-50-46-42-38-35-33-30-26-22-18-14-10-6-2)68-90-94(83,84)88-64-69(76)63-87-93(81,82)89-67-70(91-74(79)61-57-53-49-45-39-28-24-20-16-12-8-4)65-85-72(77)59-55-51-47-43-40-36-31-27-23-19-15-11-7-3/h9-10,13-15,19-22,24-27,31-35,41-42,44,46,52,54,56,58,69-71,76H,5-8,11-12,16-18,23,28-30,36-40,43,45,47-51,53,55,57,59-68H2,1-4H3,(H,81,82)(H,83,84)/b13-9-,14-10-,19-15-,24-20-,25-21-,26-22-,31-27-,34-32-,35-33-,44-41-,46-42-,56-52-,58-54-. The second-order valence-electron chi connectivity index (χ2n) is 22.4. The molecule has 0 radical (unpaired) electrons. The van der Waals surface area contributed by atoms with E-state index in [9.17, 15) is 43.2 Å². The molecule has 94 heavy (non-hydrogen) atoms. The van der Waals surface area contributed by atoms with Crippen LogP contribution in [0.15, 0.2) is 158 Å². The fraction of sp³-hybridized carbons (Fsp3) is 0.600. The van der Waals surface area contributed by atoms with Gasteiger partial charge in [0.1, 0.15) is 19.3 Å². The summed E-state index contributed by atoms with van der Waals surface area (Å²) in [6.45, 7) is 4.22. The molecule has 0 spiro atoms. The van der Waals surface area contributed by atoms with Gasteiger partial charge in [-0.2, -0.15) is 0 Å². The first-order valence-electron chi connectivity index (χ1n) is 34.7. The number of aliphatic hydroxyl groups is 1. The molecule has 0 aliphatic rings. The molecule has 0 aromatic heterocycles. The van der Waals surface area contributed by atoms with Crippen LogP contribution in [0.5, 0.6) is 0 Å². The highest BCUT2D eigenvalue weighted by atomic mass is 31.2. The molecule has 0 rings (SSSR count). The molecule has 0 saturated heterocycles. The Morgan fingerprint density at radius 2 is 0.628 bits per heavy atom. The lowest BCUT2D eigenvalue weighted by Crippen LogP contribution is -2.30. The number of rotatable bonds is 63. The third kappa shape index (κ3) is 65.3. The predicted octanol–water partition coefficient (Wildman–Crippen LogP) is 19.3. The van der Waals surface area contributed by atoms with Crippen molar-refractivity contribution in [3.05, 3.63) is 158 Å². The molecule has 0 bridgehead atoms. The minimum atomic E-state index is -5.02. The Balaban J connectivity index is 5.51. The number of carbonyl (C=O) groups is 4. The van der Waals surface area contributed by atoms with Crippen LogP contribution in [0.4, 0.5) is 0 Å². The molecule has 0 fully saturated rings. The highest BCUT2D eigenvalue weighted by molar-refractivity contribution is 7.47. The molecule has 0 aromatic rings. The molecule has 0 aliphatic carbocycles. The van der Waals surface area contributed by atoms with Gasteiger partial charge in [0.05, 0.1) is 39.3 Å². The summed E-state index contributed by atoms with van der Waals surface area (Å²) in [7, 11) is -10.0. The number of aliphatic hydroxyl groups excluding tert-OH is 1. The molecule has 19 heteroatoms. The Labute approximate surface area is 566 Å². The van der Waals surface area contributed by atoms with Crippen LogP contribution in [-0.4, -0.2) is 96.7 Å². The summed E-state index contributed by atoms with van der Waals surface area (Å²) >= 11 is 0. The Morgan fingerprint density at radius 1 is 0.319 bits per heavy atom. The zero-order valence-corrected chi connectivity index (χ0v) is 59.4. The van der Waals surface area contributed by atoms with Crippen molar-refractivity contribution in [3.63, 3.8) is 0 Å². The molecule has 0 aromatic carbocycles. The highest BCUT2D eigenvalue weighted by Gasteiger charge is 2.30. The smallest absolute Gasteiger partial charge is 0.462 e. The minimum absolute atomic E-state index is 0.0720. The van der Waals surface area contributed by atoms with E-state index in [0.29, 0.717) is 25.7 Å². The first-order valence-corrected chi connectivity index (χ1v) is 37.7. The fourth-order valence-corrected chi connectivity index (χ4v) is 9.85. The van der Waals surface area contributed by atoms with Crippen LogP contribution in [-0.2, 0) is 65.4 Å². The summed E-state index contributed by atoms with van der Waals surface area (Å²) < 4.78 is 67.9. The predicted molar refractivity (Wildman–Crippen MR) is 380 cm³/mol. The van der Waals surface area contributed by atoms with E-state index < -0.39 is 97.5 Å². The Kier molecular flexibility index (Phi) is 62.5. The van der Waals surface area contributed by atoms with E-state index in [1.807, 2.05) is 24.3 Å². The summed E-state index contributed by atoms with van der Waals surface area (Å²) in [5.74, 6) is -2.52. The van der Waals surface area contributed by atoms with Crippen molar-refractivity contribution in [3.8, 4) is 0 Å². The van der Waals surface area contributed by atoms with E-state index in [0.717, 1.165) is 141 Å². The summed E-state index contributed by atoms with van der Waals surface area (Å²) in [6, 6.07) is 0. The van der Waals surface area contributed by atoms with E-state index in [4.69, 9.17) is 37.0 Å². The first-order chi connectivity index (χ1) is 45.7. The van der Waals surface area contributed by atoms with Gasteiger partial charge in [0.2, 0.25) is 0 Å². The molecule has 0 saturated carbocycles. The molecular weight excluding hydrogens is 1230 g/mol. The van der Waals surface area contributed by atoms with Gasteiger partial charge >= 0.3 is 39.5 Å². The van der Waals surface area contributed by atoms with Gasteiger partial charge < -0.3 is 33.8 Å². The van der Waals surface area contributed by atoms with Crippen molar-refractivity contribution < 1.29 is 80.2 Å². The molecule has 3 N–H and O–H groups in total. The van der Waals surface area contributed by atoms with Crippen LogP contribution in [0.1, 0.15) is 233 Å². The lowest BCUT2D eigenvalue weighted by Gasteiger charge is -2.21. The van der Waals surface area contributed by atoms with Crippen molar-refractivity contribution in [2.24, 2.45) is 0 Å². The zero-order valence-electron chi connectivity index (χ0n) is 57.6. The molecule has 0 heterocycles. The van der Waals surface area contributed by atoms with Crippen molar-refractivity contribution in [1.82, 2.24) is 0 Å². The highest BCUT2D eigenvalue weighted by Crippen LogP contribution is 2.45. The number of unbranched alkanes of at least 4 members (excludes halogenated alkanes) is 13. The normalized spacial score (nSPS) is 15.0. The molecule has 0 aliphatic heterocycles. The second kappa shape index (κ2) is 66.3. The van der Waals surface area contributed by atoms with Gasteiger partial charge in [-0.25, -0.2) is 9.13 Å². The Morgan fingerprint density at radius 3 is 1.04 bits per heavy atom. The number of esters is 4. The minimum Gasteiger partial charge on any atom is -0.462 e. The second-order valence-corrected chi connectivity index (χ2v) is 25.3. The molecule has 0 amide bonds. The number of ether oxygens (including phenoxy) is 4. The summed E-state index contributed by atoms with van der Waals surface area (Å²) in [4.78, 5) is 72.4. The van der Waals surface area contributed by atoms with Gasteiger partial charge in [-0.3, -0.25) is 37.3 Å². The van der Waals surface area contributed by atoms with E-state index in [-0.39, 0.29) is 25.7 Å². The maximum Gasteiger partial charge on any atom is 0.472 e. The van der Waals surface area contributed by atoms with Gasteiger partial charge in [-0.1, -0.05) is 243 Å². The van der Waals surface area contributed by atoms with Crippen molar-refractivity contribution in [1.29, 1.82) is 0 Å². The van der Waals surface area contributed by atoms with E-state index in [1.54, 1.807) is 24.3 Å². The first kappa shape index (κ1) is 88.7. The maximum atomic E-state index is 13.0. The Bertz CT molecular complexity index is 2410. The lowest BCUT2D eigenvalue weighted by molar-refractivity contribution is -0.161. The topological polar surface area (TPSA) is 237 Å². The monoisotopic (exact) mass is 1350 g/mol. The average Bonchev–Trinajstić information content (AvgIpc) is 1.36. The number of hydrogen-bond donors (Lipinski definition) is 3. The van der Waals surface area contributed by atoms with Crippen LogP contribution in [0.2, 0.25) is 0 Å². The van der Waals surface area contributed by atoms with Crippen LogP contribution in [0, 0.1) is 0 Å². The van der Waals surface area contributed by atoms with Crippen LogP contribution >= 0.6 is 15.6 Å². The maximum absolute atomic E-state index is 13.0. The number of phosphoric ester groups is 2. The summed E-state index contributed by atoms with van der Waals surface area (Å²) in [5.41, 5.74) is 0. The SMILES string of the molecule is CC/C=C\C/C=C\C/C=C\C/C=C\C/C=C\CC(=O)OCC(COP(=O)(O)OCC(O)COP(=O)(O)OCC(COC(=O)CCCCCCC/C=C\C/C=C\CCC)OC(=O)CCCCCCC/C=C\CCCC)OC(=O)C/C=C\C/C=C\C/C=C\C/C=C\C/C=C\CC. The number of hydrogen-bond acceptors (Lipinski definition) is 15. The van der Waals surface area contributed by atoms with Gasteiger partial charge in [-0.05, 0) is 122 Å². The van der Waals surface area contributed by atoms with Crippen molar-refractivity contribution in [2.75, 3.05) is 39.6 Å². The Hall–Kier alpha value is -5.32. The quantitative estimate of drug-likeness (QED) is 0.0169. The molecule has 5 atom stereocenters. The van der Waals surface area contributed by atoms with E-state index in [2.05, 4.69) is 137 Å². The van der Waals surface area contributed by atoms with Crippen LogP contribution < -0.4 is 0 Å². The van der Waals surface area contributed by atoms with Crippen molar-refractivity contribution >= 4 is 39.5 Å². The lowest BCUT2D eigenvalue weighted by atomic mass is 10.1. The third-order valence-corrected chi connectivity index (χ3v) is 15.4. The molecule has 5 unspecified atom stereocenters. The summed E-state index contributed by atoms with van der Waals surface area (Å²) in [5, 5.41) is 10.6. The van der Waals surface area contributed by atoms with Gasteiger partial charge in [0, 0.05) is 12.8 Å². The fourth-order valence-electron chi connectivity index (χ4n) is 8.27.